The van der Waals surface area contributed by atoms with Crippen LogP contribution in [-0.4, -0.2) is 80.9 Å². The molecule has 0 aromatic carbocycles. The van der Waals surface area contributed by atoms with Crippen molar-refractivity contribution in [3.05, 3.63) is 0 Å². The van der Waals surface area contributed by atoms with Crippen molar-refractivity contribution in [3.63, 3.8) is 0 Å². The highest BCUT2D eigenvalue weighted by Gasteiger charge is 2.14. The van der Waals surface area contributed by atoms with E-state index in [1.54, 1.807) is 0 Å². The lowest BCUT2D eigenvalue weighted by atomic mass is 10.2. The lowest BCUT2D eigenvalue weighted by Gasteiger charge is -2.24. The number of nitrogens with zero attached hydrogens (tertiary/aromatic N) is 3. The molecule has 0 aromatic heterocycles. The van der Waals surface area contributed by atoms with Crippen molar-refractivity contribution in [1.82, 2.24) is 14.7 Å². The topological polar surface area (TPSA) is 69.9 Å². The van der Waals surface area contributed by atoms with E-state index in [0.29, 0.717) is 0 Å². The monoisotopic (exact) mass is 286 g/mol. The second-order valence-corrected chi connectivity index (χ2v) is 5.66. The minimum atomic E-state index is -0.417. The summed E-state index contributed by atoms with van der Waals surface area (Å²) >= 11 is 0. The van der Waals surface area contributed by atoms with E-state index in [1.165, 1.54) is 0 Å². The zero-order valence-electron chi connectivity index (χ0n) is 13.4. The second-order valence-electron chi connectivity index (χ2n) is 5.66. The number of carbonyl (C=O) groups excluding carboxylic acids is 2. The summed E-state index contributed by atoms with van der Waals surface area (Å²) in [6, 6.07) is 0. The lowest BCUT2D eigenvalue weighted by molar-refractivity contribution is -0.133. The van der Waals surface area contributed by atoms with Gasteiger partial charge >= 0.3 is 0 Å². The summed E-state index contributed by atoms with van der Waals surface area (Å²) in [5.41, 5.74) is 5.10. The molecular formula is C14H30N4O2. The van der Waals surface area contributed by atoms with Crippen LogP contribution in [0.2, 0.25) is 0 Å². The second kappa shape index (κ2) is 10.6. The van der Waals surface area contributed by atoms with Crippen molar-refractivity contribution in [1.29, 1.82) is 0 Å². The molecule has 0 aliphatic rings. The Bertz CT molecular complexity index is 279. The number of rotatable bonds is 11. The SMILES string of the molecule is CN(C)CCCN(CCCN(C)C)C(=O)CCC(N)=O. The number of hydrogen-bond donors (Lipinski definition) is 1. The van der Waals surface area contributed by atoms with Crippen molar-refractivity contribution in [2.75, 3.05) is 54.4 Å². The average Bonchev–Trinajstić information content (AvgIpc) is 2.33. The normalized spacial score (nSPS) is 11.1. The van der Waals surface area contributed by atoms with Crippen LogP contribution in [0.15, 0.2) is 0 Å². The molecule has 0 aromatic rings. The van der Waals surface area contributed by atoms with E-state index in [9.17, 15) is 9.59 Å². The highest BCUT2D eigenvalue weighted by molar-refractivity contribution is 5.82. The smallest absolute Gasteiger partial charge is 0.223 e. The molecule has 118 valence electrons. The van der Waals surface area contributed by atoms with Gasteiger partial charge in [-0.25, -0.2) is 0 Å². The van der Waals surface area contributed by atoms with Gasteiger partial charge in [0.25, 0.3) is 0 Å². The molecule has 0 bridgehead atoms. The predicted octanol–water partition coefficient (Wildman–Crippen LogP) is -0.0161. The van der Waals surface area contributed by atoms with Crippen LogP contribution in [-0.2, 0) is 9.59 Å². The summed E-state index contributed by atoms with van der Waals surface area (Å²) in [6.45, 7) is 3.38. The van der Waals surface area contributed by atoms with Crippen molar-refractivity contribution < 1.29 is 9.59 Å². The van der Waals surface area contributed by atoms with E-state index in [0.717, 1.165) is 39.0 Å². The molecule has 0 saturated heterocycles. The number of primary amides is 1. The molecule has 6 nitrogen and oxygen atoms in total. The Hall–Kier alpha value is -1.14. The van der Waals surface area contributed by atoms with E-state index in [4.69, 9.17) is 5.73 Å². The molecular weight excluding hydrogens is 256 g/mol. The highest BCUT2D eigenvalue weighted by atomic mass is 16.2. The van der Waals surface area contributed by atoms with E-state index < -0.39 is 5.91 Å². The summed E-state index contributed by atoms with van der Waals surface area (Å²) in [4.78, 5) is 28.9. The van der Waals surface area contributed by atoms with Gasteiger partial charge in [0.15, 0.2) is 0 Å². The first-order valence-corrected chi connectivity index (χ1v) is 7.18. The Morgan fingerprint density at radius 1 is 0.800 bits per heavy atom. The first-order chi connectivity index (χ1) is 9.32. The first-order valence-electron chi connectivity index (χ1n) is 7.18. The van der Waals surface area contributed by atoms with Crippen LogP contribution in [0.25, 0.3) is 0 Å². The highest BCUT2D eigenvalue weighted by Crippen LogP contribution is 2.02. The number of nitrogens with two attached hydrogens (primary N) is 1. The zero-order valence-corrected chi connectivity index (χ0v) is 13.4. The van der Waals surface area contributed by atoms with Gasteiger partial charge in [-0.1, -0.05) is 0 Å². The lowest BCUT2D eigenvalue weighted by Crippen LogP contribution is -2.35. The van der Waals surface area contributed by atoms with Crippen LogP contribution in [0.4, 0.5) is 0 Å². The van der Waals surface area contributed by atoms with Gasteiger partial charge in [0.1, 0.15) is 0 Å². The summed E-state index contributed by atoms with van der Waals surface area (Å²) in [7, 11) is 8.08. The Morgan fingerprint density at radius 2 is 1.25 bits per heavy atom. The van der Waals surface area contributed by atoms with E-state index in [2.05, 4.69) is 9.80 Å². The molecule has 0 saturated carbocycles. The van der Waals surface area contributed by atoms with Crippen LogP contribution in [0.1, 0.15) is 25.7 Å². The van der Waals surface area contributed by atoms with Crippen LogP contribution in [0.3, 0.4) is 0 Å². The van der Waals surface area contributed by atoms with Crippen LogP contribution in [0, 0.1) is 0 Å². The third-order valence-electron chi connectivity index (χ3n) is 3.00. The molecule has 0 atom stereocenters. The third kappa shape index (κ3) is 10.8. The van der Waals surface area contributed by atoms with Crippen LogP contribution >= 0.6 is 0 Å². The molecule has 0 fully saturated rings. The maximum absolute atomic E-state index is 12.1. The largest absolute Gasteiger partial charge is 0.370 e. The van der Waals surface area contributed by atoms with E-state index >= 15 is 0 Å². The molecule has 0 rings (SSSR count). The summed E-state index contributed by atoms with van der Waals surface area (Å²) in [5.74, 6) is -0.388. The molecule has 0 aliphatic heterocycles. The van der Waals surface area contributed by atoms with Crippen LogP contribution < -0.4 is 5.73 Å². The van der Waals surface area contributed by atoms with Gasteiger partial charge in [-0.15, -0.1) is 0 Å². The van der Waals surface area contributed by atoms with Gasteiger partial charge in [-0.2, -0.15) is 0 Å². The molecule has 0 aliphatic carbocycles. The standard InChI is InChI=1S/C14H30N4O2/c1-16(2)9-5-11-18(12-6-10-17(3)4)14(20)8-7-13(15)19/h5-12H2,1-4H3,(H2,15,19). The van der Waals surface area contributed by atoms with E-state index in [-0.39, 0.29) is 18.7 Å². The Balaban J connectivity index is 4.21. The average molecular weight is 286 g/mol. The predicted molar refractivity (Wildman–Crippen MR) is 81.4 cm³/mol. The Morgan fingerprint density at radius 3 is 1.60 bits per heavy atom. The summed E-state index contributed by atoms with van der Waals surface area (Å²) < 4.78 is 0. The number of hydrogen-bond acceptors (Lipinski definition) is 4. The maximum atomic E-state index is 12.1. The quantitative estimate of drug-likeness (QED) is 0.580. The molecule has 20 heavy (non-hydrogen) atoms. The molecule has 0 spiro atoms. The van der Waals surface area contributed by atoms with Crippen LogP contribution in [0.5, 0.6) is 0 Å². The zero-order chi connectivity index (χ0) is 15.5. The van der Waals surface area contributed by atoms with Crippen molar-refractivity contribution in [2.24, 2.45) is 5.73 Å². The van der Waals surface area contributed by atoms with Gasteiger partial charge in [-0.3, -0.25) is 9.59 Å². The minimum Gasteiger partial charge on any atom is -0.370 e. The first kappa shape index (κ1) is 18.9. The molecule has 2 amide bonds. The van der Waals surface area contributed by atoms with Gasteiger partial charge in [0.05, 0.1) is 0 Å². The molecule has 2 N–H and O–H groups in total. The van der Waals surface area contributed by atoms with Gasteiger partial charge in [0, 0.05) is 25.9 Å². The van der Waals surface area contributed by atoms with E-state index in [1.807, 2.05) is 33.1 Å². The van der Waals surface area contributed by atoms with Gasteiger partial charge in [-0.05, 0) is 54.1 Å². The van der Waals surface area contributed by atoms with Crippen molar-refractivity contribution >= 4 is 11.8 Å². The number of amides is 2. The fourth-order valence-electron chi connectivity index (χ4n) is 1.91. The third-order valence-corrected chi connectivity index (χ3v) is 3.00. The molecule has 0 unspecified atom stereocenters. The summed E-state index contributed by atoms with van der Waals surface area (Å²) in [6.07, 6.45) is 2.24. The maximum Gasteiger partial charge on any atom is 0.223 e. The Kier molecular flexibility index (Phi) is 10.0. The number of carbonyl (C=O) groups is 2. The van der Waals surface area contributed by atoms with Gasteiger partial charge < -0.3 is 20.4 Å². The van der Waals surface area contributed by atoms with Gasteiger partial charge in [0.2, 0.25) is 11.8 Å². The fraction of sp³-hybridized carbons (Fsp3) is 0.857. The fourth-order valence-corrected chi connectivity index (χ4v) is 1.91. The minimum absolute atomic E-state index is 0.0290. The molecule has 0 heterocycles. The molecule has 6 heteroatoms. The van der Waals surface area contributed by atoms with Crippen molar-refractivity contribution in [2.45, 2.75) is 25.7 Å². The van der Waals surface area contributed by atoms with Crippen molar-refractivity contribution in [3.8, 4) is 0 Å². The molecule has 0 radical (unpaired) electrons. The summed E-state index contributed by atoms with van der Waals surface area (Å²) in [5, 5.41) is 0. The Labute approximate surface area is 122 Å².